The van der Waals surface area contributed by atoms with Gasteiger partial charge in [0.05, 0.1) is 5.52 Å². The molecule has 0 spiro atoms. The highest BCUT2D eigenvalue weighted by atomic mass is 15.3. The zero-order chi connectivity index (χ0) is 18.5. The summed E-state index contributed by atoms with van der Waals surface area (Å²) < 4.78 is 0. The molecule has 5 rings (SSSR count). The summed E-state index contributed by atoms with van der Waals surface area (Å²) in [4.78, 5) is 18.6. The first-order valence-electron chi connectivity index (χ1n) is 9.74. The molecule has 4 heterocycles. The lowest BCUT2D eigenvalue weighted by Gasteiger charge is -2.26. The Balaban J connectivity index is 1.40. The average Bonchev–Trinajstić information content (AvgIpc) is 3.22. The van der Waals surface area contributed by atoms with Gasteiger partial charge in [-0.2, -0.15) is 0 Å². The van der Waals surface area contributed by atoms with Crippen molar-refractivity contribution >= 4 is 22.4 Å². The largest absolute Gasteiger partial charge is 0.370 e. The second-order valence-corrected chi connectivity index (χ2v) is 8.04. The second-order valence-electron chi connectivity index (χ2n) is 8.04. The van der Waals surface area contributed by atoms with E-state index in [1.54, 1.807) is 6.33 Å². The zero-order valence-corrected chi connectivity index (χ0v) is 16.2. The first-order chi connectivity index (χ1) is 13.1. The van der Waals surface area contributed by atoms with Gasteiger partial charge in [-0.25, -0.2) is 9.97 Å². The van der Waals surface area contributed by atoms with Gasteiger partial charge in [0.2, 0.25) is 0 Å². The van der Waals surface area contributed by atoms with Gasteiger partial charge >= 0.3 is 0 Å². The van der Waals surface area contributed by atoms with Gasteiger partial charge in [-0.1, -0.05) is 18.2 Å². The number of aromatic nitrogens is 3. The lowest BCUT2D eigenvalue weighted by Crippen LogP contribution is -2.30. The van der Waals surface area contributed by atoms with E-state index in [0.717, 1.165) is 48.9 Å². The Bertz CT molecular complexity index is 1000. The number of hydrogen-bond donors (Lipinski definition) is 0. The predicted octanol–water partition coefficient (Wildman–Crippen LogP) is 3.52. The smallest absolute Gasteiger partial charge is 0.135 e. The average molecular weight is 359 g/mol. The number of para-hydroxylation sites is 1. The first kappa shape index (κ1) is 16.5. The normalized spacial score (nSPS) is 21.9. The van der Waals surface area contributed by atoms with Gasteiger partial charge < -0.3 is 9.80 Å². The predicted molar refractivity (Wildman–Crippen MR) is 109 cm³/mol. The van der Waals surface area contributed by atoms with Gasteiger partial charge in [0.1, 0.15) is 12.1 Å². The fraction of sp³-hybridized carbons (Fsp3) is 0.409. The fourth-order valence-corrected chi connectivity index (χ4v) is 4.75. The van der Waals surface area contributed by atoms with Gasteiger partial charge in [0.15, 0.2) is 0 Å². The number of aryl methyl sites for hydroxylation is 2. The van der Waals surface area contributed by atoms with Crippen molar-refractivity contribution in [3.63, 3.8) is 0 Å². The molecule has 2 saturated heterocycles. The van der Waals surface area contributed by atoms with E-state index in [4.69, 9.17) is 4.98 Å². The van der Waals surface area contributed by atoms with E-state index >= 15 is 0 Å². The molecular formula is C22H25N5. The molecule has 2 atom stereocenters. The Kier molecular flexibility index (Phi) is 3.78. The molecule has 2 aliphatic heterocycles. The Labute approximate surface area is 160 Å². The molecule has 27 heavy (non-hydrogen) atoms. The van der Waals surface area contributed by atoms with Crippen LogP contribution in [0.3, 0.4) is 0 Å². The summed E-state index contributed by atoms with van der Waals surface area (Å²) in [7, 11) is 0. The molecule has 0 saturated carbocycles. The van der Waals surface area contributed by atoms with Crippen LogP contribution in [-0.4, -0.2) is 41.1 Å². The van der Waals surface area contributed by atoms with Crippen LogP contribution in [0.25, 0.3) is 10.9 Å². The van der Waals surface area contributed by atoms with Crippen molar-refractivity contribution in [2.45, 2.75) is 20.8 Å². The van der Waals surface area contributed by atoms with Gasteiger partial charge in [0, 0.05) is 66.0 Å². The first-order valence-corrected chi connectivity index (χ1v) is 9.74. The van der Waals surface area contributed by atoms with E-state index < -0.39 is 0 Å². The number of benzene rings is 1. The third-order valence-electron chi connectivity index (χ3n) is 6.26. The highest BCUT2D eigenvalue weighted by molar-refractivity contribution is 5.92. The maximum atomic E-state index is 4.70. The monoisotopic (exact) mass is 359 g/mol. The van der Waals surface area contributed by atoms with Gasteiger partial charge in [-0.05, 0) is 32.9 Å². The number of pyridine rings is 1. The quantitative estimate of drug-likeness (QED) is 0.700. The molecule has 0 bridgehead atoms. The van der Waals surface area contributed by atoms with Crippen molar-refractivity contribution in [2.75, 3.05) is 36.0 Å². The minimum absolute atomic E-state index is 0.687. The van der Waals surface area contributed by atoms with E-state index in [9.17, 15) is 0 Å². The minimum Gasteiger partial charge on any atom is -0.370 e. The van der Waals surface area contributed by atoms with Crippen LogP contribution in [0, 0.1) is 32.6 Å². The molecule has 0 radical (unpaired) electrons. The lowest BCUT2D eigenvalue weighted by molar-refractivity contribution is 0.533. The molecule has 2 fully saturated rings. The third-order valence-corrected chi connectivity index (χ3v) is 6.26. The van der Waals surface area contributed by atoms with Crippen LogP contribution in [0.5, 0.6) is 0 Å². The van der Waals surface area contributed by atoms with Crippen molar-refractivity contribution < 1.29 is 0 Å². The molecule has 2 aliphatic rings. The SMILES string of the molecule is Cc1cc(N2CC3CN(c4ncnc(C)c4C)CC3C2)c2ccccc2n1. The topological polar surface area (TPSA) is 45.2 Å². The van der Waals surface area contributed by atoms with E-state index in [2.05, 4.69) is 70.9 Å². The molecule has 2 aromatic heterocycles. The molecule has 0 N–H and O–H groups in total. The number of hydrogen-bond acceptors (Lipinski definition) is 5. The van der Waals surface area contributed by atoms with Gasteiger partial charge in [-0.3, -0.25) is 4.98 Å². The molecule has 0 aliphatic carbocycles. The summed E-state index contributed by atoms with van der Waals surface area (Å²) in [6.07, 6.45) is 1.70. The highest BCUT2D eigenvalue weighted by Crippen LogP contribution is 2.38. The molecule has 0 amide bonds. The summed E-state index contributed by atoms with van der Waals surface area (Å²) in [5.41, 5.74) is 5.82. The molecule has 5 nitrogen and oxygen atoms in total. The van der Waals surface area contributed by atoms with Crippen LogP contribution in [0.15, 0.2) is 36.7 Å². The second kappa shape index (κ2) is 6.19. The fourth-order valence-electron chi connectivity index (χ4n) is 4.75. The van der Waals surface area contributed by atoms with E-state index in [-0.39, 0.29) is 0 Å². The van der Waals surface area contributed by atoms with Crippen LogP contribution in [0.1, 0.15) is 17.0 Å². The number of rotatable bonds is 2. The summed E-state index contributed by atoms with van der Waals surface area (Å²) in [6, 6.07) is 10.7. The number of fused-ring (bicyclic) bond motifs is 2. The van der Waals surface area contributed by atoms with Gasteiger partial charge in [0.25, 0.3) is 0 Å². The summed E-state index contributed by atoms with van der Waals surface area (Å²) in [5.74, 6) is 2.49. The summed E-state index contributed by atoms with van der Waals surface area (Å²) in [5, 5.41) is 1.27. The lowest BCUT2D eigenvalue weighted by atomic mass is 10.0. The Morgan fingerprint density at radius 1 is 0.889 bits per heavy atom. The Morgan fingerprint density at radius 3 is 2.37 bits per heavy atom. The molecule has 138 valence electrons. The van der Waals surface area contributed by atoms with Crippen LogP contribution in [-0.2, 0) is 0 Å². The van der Waals surface area contributed by atoms with Crippen molar-refractivity contribution in [1.82, 2.24) is 15.0 Å². The Hall–Kier alpha value is -2.69. The van der Waals surface area contributed by atoms with Crippen LogP contribution >= 0.6 is 0 Å². The van der Waals surface area contributed by atoms with Crippen LogP contribution < -0.4 is 9.80 Å². The standard InChI is InChI=1S/C22H25N5/c1-14-8-21(19-6-4-5-7-20(19)25-14)26-9-17-11-27(12-18(17)10-26)22-15(2)16(3)23-13-24-22/h4-8,13,17-18H,9-12H2,1-3H3. The maximum Gasteiger partial charge on any atom is 0.135 e. The van der Waals surface area contributed by atoms with E-state index in [1.165, 1.54) is 16.6 Å². The minimum atomic E-state index is 0.687. The number of anilines is 2. The molecule has 5 heteroatoms. The summed E-state index contributed by atoms with van der Waals surface area (Å²) >= 11 is 0. The van der Waals surface area contributed by atoms with Crippen molar-refractivity contribution in [2.24, 2.45) is 11.8 Å². The van der Waals surface area contributed by atoms with Crippen LogP contribution in [0.4, 0.5) is 11.5 Å². The number of nitrogens with zero attached hydrogens (tertiary/aromatic N) is 5. The molecule has 2 unspecified atom stereocenters. The molecular weight excluding hydrogens is 334 g/mol. The molecule has 1 aromatic carbocycles. The van der Waals surface area contributed by atoms with Gasteiger partial charge in [-0.15, -0.1) is 0 Å². The van der Waals surface area contributed by atoms with Crippen LogP contribution in [0.2, 0.25) is 0 Å². The summed E-state index contributed by atoms with van der Waals surface area (Å²) in [6.45, 7) is 10.7. The Morgan fingerprint density at radius 2 is 1.59 bits per heavy atom. The highest BCUT2D eigenvalue weighted by Gasteiger charge is 2.41. The van der Waals surface area contributed by atoms with E-state index in [1.807, 2.05) is 0 Å². The zero-order valence-electron chi connectivity index (χ0n) is 16.2. The molecule has 3 aromatic rings. The maximum absolute atomic E-state index is 4.70. The van der Waals surface area contributed by atoms with Crippen molar-refractivity contribution in [3.05, 3.63) is 53.6 Å². The third kappa shape index (κ3) is 2.73. The van der Waals surface area contributed by atoms with Crippen molar-refractivity contribution in [3.8, 4) is 0 Å². The van der Waals surface area contributed by atoms with Crippen molar-refractivity contribution in [1.29, 1.82) is 0 Å². The van der Waals surface area contributed by atoms with E-state index in [0.29, 0.717) is 11.8 Å².